The fourth-order valence-electron chi connectivity index (χ4n) is 3.24. The maximum absolute atomic E-state index is 12.8. The molecule has 0 atom stereocenters. The van der Waals surface area contributed by atoms with Gasteiger partial charge in [-0.05, 0) is 48.0 Å². The van der Waals surface area contributed by atoms with Gasteiger partial charge in [-0.2, -0.15) is 0 Å². The SMILES string of the molecule is COc1ccc(OC)c(C=C2Oc3cc(OCC=Cc4ccccc4)ccc3C2=O)c1. The number of ketones is 1. The Morgan fingerprint density at radius 3 is 2.48 bits per heavy atom. The normalized spacial score (nSPS) is 13.9. The molecule has 3 aromatic rings. The van der Waals surface area contributed by atoms with Crippen molar-refractivity contribution in [2.75, 3.05) is 20.8 Å². The van der Waals surface area contributed by atoms with Gasteiger partial charge in [0.1, 0.15) is 29.6 Å². The average Bonchev–Trinajstić information content (AvgIpc) is 3.12. The standard InChI is InChI=1S/C26H22O5/c1-28-20-11-13-23(29-2)19(15-20)16-25-26(27)22-12-10-21(17-24(22)31-25)30-14-6-9-18-7-4-3-5-8-18/h3-13,15-17H,14H2,1-2H3. The second-order valence-electron chi connectivity index (χ2n) is 6.83. The van der Waals surface area contributed by atoms with E-state index in [1.165, 1.54) is 0 Å². The quantitative estimate of drug-likeness (QED) is 0.484. The molecule has 5 heteroatoms. The van der Waals surface area contributed by atoms with Gasteiger partial charge < -0.3 is 18.9 Å². The zero-order valence-corrected chi connectivity index (χ0v) is 17.3. The average molecular weight is 414 g/mol. The van der Waals surface area contributed by atoms with Crippen LogP contribution in [0.15, 0.2) is 78.6 Å². The molecule has 1 aliphatic heterocycles. The molecule has 1 aliphatic rings. The molecule has 0 amide bonds. The summed E-state index contributed by atoms with van der Waals surface area (Å²) >= 11 is 0. The molecule has 3 aromatic carbocycles. The number of Topliss-reactive ketones (excluding diaryl/α,β-unsaturated/α-hetero) is 1. The third kappa shape index (κ3) is 4.61. The van der Waals surface area contributed by atoms with Crippen LogP contribution in [0.3, 0.4) is 0 Å². The topological polar surface area (TPSA) is 54.0 Å². The zero-order chi connectivity index (χ0) is 21.6. The zero-order valence-electron chi connectivity index (χ0n) is 17.3. The lowest BCUT2D eigenvalue weighted by Gasteiger charge is -2.08. The third-order valence-corrected chi connectivity index (χ3v) is 4.82. The van der Waals surface area contributed by atoms with Crippen LogP contribution in [0.4, 0.5) is 0 Å². The first-order valence-electron chi connectivity index (χ1n) is 9.82. The Morgan fingerprint density at radius 2 is 1.71 bits per heavy atom. The lowest BCUT2D eigenvalue weighted by Crippen LogP contribution is -1.99. The highest BCUT2D eigenvalue weighted by Crippen LogP contribution is 2.36. The lowest BCUT2D eigenvalue weighted by atomic mass is 10.1. The van der Waals surface area contributed by atoms with Crippen molar-refractivity contribution in [1.82, 2.24) is 0 Å². The summed E-state index contributed by atoms with van der Waals surface area (Å²) in [6, 6.07) is 20.6. The van der Waals surface area contributed by atoms with Crippen LogP contribution in [0.25, 0.3) is 12.2 Å². The smallest absolute Gasteiger partial charge is 0.231 e. The Bertz CT molecular complexity index is 1150. The molecule has 0 spiro atoms. The van der Waals surface area contributed by atoms with Crippen molar-refractivity contribution < 1.29 is 23.7 Å². The second kappa shape index (κ2) is 9.22. The molecule has 4 rings (SSSR count). The van der Waals surface area contributed by atoms with Crippen molar-refractivity contribution in [3.63, 3.8) is 0 Å². The summed E-state index contributed by atoms with van der Waals surface area (Å²) < 4.78 is 22.2. The number of benzene rings is 3. The van der Waals surface area contributed by atoms with E-state index < -0.39 is 0 Å². The fraction of sp³-hybridized carbons (Fsp3) is 0.115. The number of carbonyl (C=O) groups excluding carboxylic acids is 1. The number of allylic oxidation sites excluding steroid dienone is 1. The van der Waals surface area contributed by atoms with Crippen molar-refractivity contribution >= 4 is 17.9 Å². The van der Waals surface area contributed by atoms with E-state index in [1.54, 1.807) is 56.7 Å². The molecule has 0 radical (unpaired) electrons. The molecule has 0 saturated carbocycles. The highest BCUT2D eigenvalue weighted by atomic mass is 16.5. The minimum atomic E-state index is -0.185. The van der Waals surface area contributed by atoms with Crippen LogP contribution in [-0.4, -0.2) is 26.6 Å². The van der Waals surface area contributed by atoms with E-state index in [4.69, 9.17) is 18.9 Å². The van der Waals surface area contributed by atoms with Gasteiger partial charge in [-0.25, -0.2) is 0 Å². The Morgan fingerprint density at radius 1 is 0.903 bits per heavy atom. The molecule has 0 N–H and O–H groups in total. The summed E-state index contributed by atoms with van der Waals surface area (Å²) in [6.45, 7) is 0.408. The predicted molar refractivity (Wildman–Crippen MR) is 120 cm³/mol. The second-order valence-corrected chi connectivity index (χ2v) is 6.83. The van der Waals surface area contributed by atoms with E-state index in [0.717, 1.165) is 5.56 Å². The molecule has 0 bridgehead atoms. The van der Waals surface area contributed by atoms with E-state index in [-0.39, 0.29) is 11.5 Å². The summed E-state index contributed by atoms with van der Waals surface area (Å²) in [4.78, 5) is 12.8. The fourth-order valence-corrected chi connectivity index (χ4v) is 3.24. The van der Waals surface area contributed by atoms with Gasteiger partial charge in [0.05, 0.1) is 19.8 Å². The highest BCUT2D eigenvalue weighted by molar-refractivity contribution is 6.14. The molecule has 0 saturated heterocycles. The van der Waals surface area contributed by atoms with Gasteiger partial charge in [-0.15, -0.1) is 0 Å². The summed E-state index contributed by atoms with van der Waals surface area (Å²) in [7, 11) is 3.16. The van der Waals surface area contributed by atoms with Crippen LogP contribution in [0.1, 0.15) is 21.5 Å². The van der Waals surface area contributed by atoms with Crippen molar-refractivity contribution in [2.24, 2.45) is 0 Å². The van der Waals surface area contributed by atoms with Crippen LogP contribution in [0, 0.1) is 0 Å². The summed E-state index contributed by atoms with van der Waals surface area (Å²) in [5, 5.41) is 0. The van der Waals surface area contributed by atoms with E-state index in [9.17, 15) is 4.79 Å². The van der Waals surface area contributed by atoms with Gasteiger partial charge >= 0.3 is 0 Å². The largest absolute Gasteiger partial charge is 0.497 e. The van der Waals surface area contributed by atoms with Gasteiger partial charge in [-0.1, -0.05) is 36.4 Å². The van der Waals surface area contributed by atoms with Crippen LogP contribution in [-0.2, 0) is 0 Å². The van der Waals surface area contributed by atoms with Crippen LogP contribution in [0.5, 0.6) is 23.0 Å². The Balaban J connectivity index is 1.48. The molecule has 0 fully saturated rings. The highest BCUT2D eigenvalue weighted by Gasteiger charge is 2.28. The van der Waals surface area contributed by atoms with Gasteiger partial charge in [0.15, 0.2) is 5.76 Å². The number of ether oxygens (including phenoxy) is 4. The number of hydrogen-bond donors (Lipinski definition) is 0. The molecule has 0 aliphatic carbocycles. The van der Waals surface area contributed by atoms with Gasteiger partial charge in [0.25, 0.3) is 0 Å². The Hall–Kier alpha value is -3.99. The summed E-state index contributed by atoms with van der Waals surface area (Å²) in [5.74, 6) is 2.43. The molecular formula is C26H22O5. The number of methoxy groups -OCH3 is 2. The number of carbonyl (C=O) groups is 1. The van der Waals surface area contributed by atoms with Crippen molar-refractivity contribution in [3.05, 3.63) is 95.3 Å². The third-order valence-electron chi connectivity index (χ3n) is 4.82. The first kappa shape index (κ1) is 20.3. The predicted octanol–water partition coefficient (Wildman–Crippen LogP) is 5.41. The lowest BCUT2D eigenvalue weighted by molar-refractivity contribution is 0.101. The first-order chi connectivity index (χ1) is 15.2. The minimum Gasteiger partial charge on any atom is -0.497 e. The minimum absolute atomic E-state index is 0.185. The molecule has 0 aromatic heterocycles. The molecule has 0 unspecified atom stereocenters. The maximum atomic E-state index is 12.8. The van der Waals surface area contributed by atoms with Crippen LogP contribution in [0.2, 0.25) is 0 Å². The maximum Gasteiger partial charge on any atom is 0.231 e. The van der Waals surface area contributed by atoms with Crippen LogP contribution < -0.4 is 18.9 Å². The Labute approximate surface area is 181 Å². The van der Waals surface area contributed by atoms with Crippen LogP contribution >= 0.6 is 0 Å². The van der Waals surface area contributed by atoms with E-state index >= 15 is 0 Å². The molecule has 156 valence electrons. The van der Waals surface area contributed by atoms with Gasteiger partial charge in [-0.3, -0.25) is 4.79 Å². The number of hydrogen-bond acceptors (Lipinski definition) is 5. The summed E-state index contributed by atoms with van der Waals surface area (Å²) in [5.41, 5.74) is 2.30. The van der Waals surface area contributed by atoms with E-state index in [2.05, 4.69) is 0 Å². The Kier molecular flexibility index (Phi) is 6.03. The number of fused-ring (bicyclic) bond motifs is 1. The van der Waals surface area contributed by atoms with Crippen molar-refractivity contribution in [2.45, 2.75) is 0 Å². The molecule has 1 heterocycles. The molecule has 5 nitrogen and oxygen atoms in total. The van der Waals surface area contributed by atoms with Gasteiger partial charge in [0.2, 0.25) is 5.78 Å². The number of rotatable bonds is 7. The summed E-state index contributed by atoms with van der Waals surface area (Å²) in [6.07, 6.45) is 5.59. The molecule has 31 heavy (non-hydrogen) atoms. The van der Waals surface area contributed by atoms with Gasteiger partial charge in [0, 0.05) is 11.6 Å². The first-order valence-corrected chi connectivity index (χ1v) is 9.82. The van der Waals surface area contributed by atoms with Crippen molar-refractivity contribution in [3.8, 4) is 23.0 Å². The van der Waals surface area contributed by atoms with E-state index in [0.29, 0.717) is 40.7 Å². The van der Waals surface area contributed by atoms with Crippen molar-refractivity contribution in [1.29, 1.82) is 0 Å². The monoisotopic (exact) mass is 414 g/mol. The molecular weight excluding hydrogens is 392 g/mol. The van der Waals surface area contributed by atoms with E-state index in [1.807, 2.05) is 42.5 Å².